The summed E-state index contributed by atoms with van der Waals surface area (Å²) in [6, 6.07) is 14.0. The molecule has 1 aromatic carbocycles. The minimum atomic E-state index is -0.524. The Morgan fingerprint density at radius 2 is 1.89 bits per heavy atom. The highest BCUT2D eigenvalue weighted by atomic mass is 16.5. The number of carbonyl (C=O) groups excluding carboxylic acids is 1. The van der Waals surface area contributed by atoms with Crippen LogP contribution >= 0.6 is 0 Å². The van der Waals surface area contributed by atoms with E-state index in [1.54, 1.807) is 7.11 Å². The Labute approximate surface area is 167 Å². The van der Waals surface area contributed by atoms with Crippen molar-refractivity contribution in [1.29, 1.82) is 0 Å². The van der Waals surface area contributed by atoms with Gasteiger partial charge < -0.3 is 15.0 Å². The normalized spacial score (nSPS) is 21.3. The van der Waals surface area contributed by atoms with Crippen LogP contribution in [0.5, 0.6) is 5.75 Å². The number of benzene rings is 1. The van der Waals surface area contributed by atoms with Gasteiger partial charge in [0.2, 0.25) is 5.91 Å². The van der Waals surface area contributed by atoms with E-state index in [1.165, 1.54) is 6.42 Å². The van der Waals surface area contributed by atoms with Gasteiger partial charge in [-0.3, -0.25) is 9.78 Å². The fourth-order valence-corrected chi connectivity index (χ4v) is 4.66. The molecule has 1 aromatic heterocycles. The number of aromatic nitrogens is 1. The first-order valence-corrected chi connectivity index (χ1v) is 10.4. The molecule has 2 aliphatic rings. The van der Waals surface area contributed by atoms with Crippen LogP contribution in [-0.2, 0) is 4.79 Å². The van der Waals surface area contributed by atoms with Crippen LogP contribution in [-0.4, -0.2) is 35.0 Å². The largest absolute Gasteiger partial charge is 0.497 e. The number of carbonyl (C=O) groups is 1. The quantitative estimate of drug-likeness (QED) is 0.827. The first-order valence-electron chi connectivity index (χ1n) is 10.4. The van der Waals surface area contributed by atoms with E-state index in [1.807, 2.05) is 48.7 Å². The van der Waals surface area contributed by atoms with Crippen LogP contribution in [0, 0.1) is 0 Å². The van der Waals surface area contributed by atoms with Crippen molar-refractivity contribution in [1.82, 2.24) is 9.88 Å². The van der Waals surface area contributed by atoms with Crippen molar-refractivity contribution in [3.8, 4) is 5.75 Å². The molecule has 1 amide bonds. The highest BCUT2D eigenvalue weighted by molar-refractivity contribution is 5.90. The third kappa shape index (κ3) is 3.71. The van der Waals surface area contributed by atoms with Gasteiger partial charge >= 0.3 is 0 Å². The fourth-order valence-electron chi connectivity index (χ4n) is 4.66. The summed E-state index contributed by atoms with van der Waals surface area (Å²) in [4.78, 5) is 20.5. The Hall–Kier alpha value is -2.56. The average Bonchev–Trinajstić information content (AvgIpc) is 3.25. The second-order valence-corrected chi connectivity index (χ2v) is 7.91. The molecule has 0 spiro atoms. The SMILES string of the molecule is COc1ccc(NC2(C(=O)N3CCCC3c3ccccn3)CCCCC2)cc1. The monoisotopic (exact) mass is 379 g/mol. The van der Waals surface area contributed by atoms with Gasteiger partial charge in [0.1, 0.15) is 11.3 Å². The van der Waals surface area contributed by atoms with Crippen LogP contribution in [0.25, 0.3) is 0 Å². The molecule has 4 rings (SSSR count). The maximum absolute atomic E-state index is 13.8. The Bertz CT molecular complexity index is 785. The summed E-state index contributed by atoms with van der Waals surface area (Å²) in [6.45, 7) is 0.812. The molecule has 2 aromatic rings. The van der Waals surface area contributed by atoms with Crippen LogP contribution in [0.15, 0.2) is 48.7 Å². The van der Waals surface area contributed by atoms with Gasteiger partial charge in [-0.15, -0.1) is 0 Å². The highest BCUT2D eigenvalue weighted by Crippen LogP contribution is 2.39. The van der Waals surface area contributed by atoms with Crippen molar-refractivity contribution in [2.75, 3.05) is 19.0 Å². The number of likely N-dealkylation sites (tertiary alicyclic amines) is 1. The fraction of sp³-hybridized carbons (Fsp3) is 0.478. The van der Waals surface area contributed by atoms with Crippen molar-refractivity contribution < 1.29 is 9.53 Å². The van der Waals surface area contributed by atoms with E-state index >= 15 is 0 Å². The summed E-state index contributed by atoms with van der Waals surface area (Å²) < 4.78 is 5.27. The molecule has 2 fully saturated rings. The molecule has 2 heterocycles. The van der Waals surface area contributed by atoms with Crippen LogP contribution < -0.4 is 10.1 Å². The Kier molecular flexibility index (Phi) is 5.51. The lowest BCUT2D eigenvalue weighted by atomic mass is 9.80. The second-order valence-electron chi connectivity index (χ2n) is 7.91. The molecule has 5 nitrogen and oxygen atoms in total. The lowest BCUT2D eigenvalue weighted by Crippen LogP contribution is -2.55. The van der Waals surface area contributed by atoms with Crippen LogP contribution in [0.4, 0.5) is 5.69 Å². The summed E-state index contributed by atoms with van der Waals surface area (Å²) >= 11 is 0. The molecule has 1 saturated heterocycles. The van der Waals surface area contributed by atoms with E-state index in [4.69, 9.17) is 4.74 Å². The molecule has 1 N–H and O–H groups in total. The molecule has 1 aliphatic heterocycles. The van der Waals surface area contributed by atoms with Crippen LogP contribution in [0.1, 0.15) is 56.7 Å². The van der Waals surface area contributed by atoms with E-state index in [9.17, 15) is 4.79 Å². The van der Waals surface area contributed by atoms with Gasteiger partial charge in [0, 0.05) is 18.4 Å². The van der Waals surface area contributed by atoms with Gasteiger partial charge in [0.25, 0.3) is 0 Å². The minimum absolute atomic E-state index is 0.0881. The van der Waals surface area contributed by atoms with Gasteiger partial charge in [0.15, 0.2) is 0 Å². The molecule has 1 aliphatic carbocycles. The maximum atomic E-state index is 13.8. The van der Waals surface area contributed by atoms with Crippen molar-refractivity contribution in [3.63, 3.8) is 0 Å². The molecule has 5 heteroatoms. The minimum Gasteiger partial charge on any atom is -0.497 e. The topological polar surface area (TPSA) is 54.5 Å². The van der Waals surface area contributed by atoms with Gasteiger partial charge in [-0.05, 0) is 62.1 Å². The first kappa shape index (κ1) is 18.8. The number of ether oxygens (including phenoxy) is 1. The van der Waals surface area contributed by atoms with Gasteiger partial charge in [-0.1, -0.05) is 25.3 Å². The van der Waals surface area contributed by atoms with Crippen LogP contribution in [0.2, 0.25) is 0 Å². The standard InChI is InChI=1S/C23H29N3O2/c1-28-19-12-10-18(11-13-19)25-23(14-4-2-5-15-23)22(27)26-17-7-9-21(26)20-8-3-6-16-24-20/h3,6,8,10-13,16,21,25H,2,4-5,7,9,14-15,17H2,1H3. The predicted molar refractivity (Wildman–Crippen MR) is 110 cm³/mol. The number of anilines is 1. The van der Waals surface area contributed by atoms with Crippen molar-refractivity contribution in [2.45, 2.75) is 56.5 Å². The van der Waals surface area contributed by atoms with E-state index in [-0.39, 0.29) is 11.9 Å². The maximum Gasteiger partial charge on any atom is 0.248 e. The summed E-state index contributed by atoms with van der Waals surface area (Å²) in [5.74, 6) is 1.06. The van der Waals surface area contributed by atoms with Crippen molar-refractivity contribution in [3.05, 3.63) is 54.4 Å². The Morgan fingerprint density at radius 3 is 2.57 bits per heavy atom. The molecule has 1 saturated carbocycles. The molecular weight excluding hydrogens is 350 g/mol. The van der Waals surface area contributed by atoms with E-state index in [0.29, 0.717) is 0 Å². The molecular formula is C23H29N3O2. The van der Waals surface area contributed by atoms with Gasteiger partial charge in [0.05, 0.1) is 18.8 Å². The van der Waals surface area contributed by atoms with Crippen molar-refractivity contribution in [2.24, 2.45) is 0 Å². The summed E-state index contributed by atoms with van der Waals surface area (Å²) in [6.07, 6.45) is 8.96. The molecule has 0 bridgehead atoms. The number of nitrogens with zero attached hydrogens (tertiary/aromatic N) is 2. The number of hydrogen-bond acceptors (Lipinski definition) is 4. The molecule has 0 radical (unpaired) electrons. The van der Waals surface area contributed by atoms with E-state index < -0.39 is 5.54 Å². The van der Waals surface area contributed by atoms with E-state index in [0.717, 1.165) is 62.2 Å². The summed E-state index contributed by atoms with van der Waals surface area (Å²) in [5, 5.41) is 3.63. The lowest BCUT2D eigenvalue weighted by Gasteiger charge is -2.41. The number of rotatable bonds is 5. The summed E-state index contributed by atoms with van der Waals surface area (Å²) in [7, 11) is 1.67. The zero-order valence-corrected chi connectivity index (χ0v) is 16.6. The zero-order valence-electron chi connectivity index (χ0n) is 16.6. The number of methoxy groups -OCH3 is 1. The molecule has 148 valence electrons. The second kappa shape index (κ2) is 8.21. The number of amides is 1. The first-order chi connectivity index (χ1) is 13.7. The smallest absolute Gasteiger partial charge is 0.248 e. The highest BCUT2D eigenvalue weighted by Gasteiger charge is 2.45. The molecule has 1 atom stereocenters. The summed E-state index contributed by atoms with van der Waals surface area (Å²) in [5.41, 5.74) is 1.46. The van der Waals surface area contributed by atoms with Gasteiger partial charge in [-0.25, -0.2) is 0 Å². The predicted octanol–water partition coefficient (Wildman–Crippen LogP) is 4.57. The Balaban J connectivity index is 1.60. The van der Waals surface area contributed by atoms with Gasteiger partial charge in [-0.2, -0.15) is 0 Å². The third-order valence-corrected chi connectivity index (χ3v) is 6.13. The van der Waals surface area contributed by atoms with Crippen LogP contribution in [0.3, 0.4) is 0 Å². The average molecular weight is 380 g/mol. The molecule has 1 unspecified atom stereocenters. The third-order valence-electron chi connectivity index (χ3n) is 6.13. The lowest BCUT2D eigenvalue weighted by molar-refractivity contribution is -0.138. The number of hydrogen-bond donors (Lipinski definition) is 1. The Morgan fingerprint density at radius 1 is 1.11 bits per heavy atom. The zero-order chi connectivity index (χ0) is 19.4. The number of nitrogens with one attached hydrogen (secondary N) is 1. The number of pyridine rings is 1. The van der Waals surface area contributed by atoms with E-state index in [2.05, 4.69) is 15.2 Å². The molecule has 28 heavy (non-hydrogen) atoms. The van der Waals surface area contributed by atoms with Crippen molar-refractivity contribution >= 4 is 11.6 Å².